The van der Waals surface area contributed by atoms with Crippen LogP contribution in [0.1, 0.15) is 46.6 Å². The zero-order valence-corrected chi connectivity index (χ0v) is 15.2. The van der Waals surface area contributed by atoms with Crippen molar-refractivity contribution in [1.29, 1.82) is 0 Å². The van der Waals surface area contributed by atoms with Gasteiger partial charge in [-0.15, -0.1) is 0 Å². The molecule has 1 rings (SSSR count). The third kappa shape index (κ3) is 7.34. The highest BCUT2D eigenvalue weighted by atomic mass is 19.4. The monoisotopic (exact) mass is 361 g/mol. The number of hydrogen-bond acceptors (Lipinski definition) is 4. The van der Waals surface area contributed by atoms with E-state index in [1.165, 1.54) is 0 Å². The molecule has 0 unspecified atom stereocenters. The molecule has 0 heterocycles. The Kier molecular flexibility index (Phi) is 6.50. The maximum absolute atomic E-state index is 13.0. The summed E-state index contributed by atoms with van der Waals surface area (Å²) in [5.74, 6) is -0.685. The van der Waals surface area contributed by atoms with Crippen LogP contribution in [0.5, 0.6) is 5.75 Å². The van der Waals surface area contributed by atoms with E-state index in [4.69, 9.17) is 15.2 Å². The van der Waals surface area contributed by atoms with Gasteiger partial charge in [-0.05, 0) is 46.2 Å². The van der Waals surface area contributed by atoms with Gasteiger partial charge < -0.3 is 15.2 Å². The minimum atomic E-state index is -4.61. The molecule has 0 radical (unpaired) electrons. The number of para-hydroxylation sites is 1. The summed E-state index contributed by atoms with van der Waals surface area (Å²) >= 11 is 0. The van der Waals surface area contributed by atoms with Crippen molar-refractivity contribution in [3.63, 3.8) is 0 Å². The van der Waals surface area contributed by atoms with E-state index in [0.29, 0.717) is 11.3 Å². The van der Waals surface area contributed by atoms with E-state index < -0.39 is 29.7 Å². The molecule has 1 atom stereocenters. The molecule has 0 aliphatic rings. The number of benzene rings is 1. The van der Waals surface area contributed by atoms with Crippen molar-refractivity contribution in [3.8, 4) is 5.75 Å². The molecular weight excluding hydrogens is 335 g/mol. The molecule has 1 aromatic carbocycles. The Morgan fingerprint density at radius 3 is 2.20 bits per heavy atom. The van der Waals surface area contributed by atoms with Crippen molar-refractivity contribution in [2.24, 2.45) is 5.73 Å². The first-order valence-electron chi connectivity index (χ1n) is 8.05. The maximum Gasteiger partial charge on any atom is 0.391 e. The summed E-state index contributed by atoms with van der Waals surface area (Å²) in [5.41, 5.74) is 3.16. The molecule has 142 valence electrons. The van der Waals surface area contributed by atoms with E-state index >= 15 is 0 Å². The predicted molar refractivity (Wildman–Crippen MR) is 89.3 cm³/mol. The Balaban J connectivity index is 3.20. The van der Waals surface area contributed by atoms with Crippen LogP contribution in [0.2, 0.25) is 0 Å². The van der Waals surface area contributed by atoms with Crippen molar-refractivity contribution in [2.45, 2.75) is 70.9 Å². The van der Waals surface area contributed by atoms with E-state index in [1.54, 1.807) is 58.9 Å². The van der Waals surface area contributed by atoms with Gasteiger partial charge in [-0.1, -0.05) is 18.2 Å². The van der Waals surface area contributed by atoms with Crippen LogP contribution in [0.3, 0.4) is 0 Å². The first-order valence-corrected chi connectivity index (χ1v) is 8.05. The van der Waals surface area contributed by atoms with Crippen molar-refractivity contribution >= 4 is 5.97 Å². The Labute approximate surface area is 146 Å². The average molecular weight is 361 g/mol. The minimum Gasteiger partial charge on any atom is -0.491 e. The Hall–Kier alpha value is -1.76. The second kappa shape index (κ2) is 7.64. The largest absolute Gasteiger partial charge is 0.491 e. The van der Waals surface area contributed by atoms with E-state index in [-0.39, 0.29) is 12.5 Å². The van der Waals surface area contributed by atoms with E-state index in [0.717, 1.165) is 0 Å². The van der Waals surface area contributed by atoms with Gasteiger partial charge in [-0.2, -0.15) is 13.2 Å². The summed E-state index contributed by atoms with van der Waals surface area (Å²) in [6.45, 7) is 8.34. The highest BCUT2D eigenvalue weighted by Gasteiger charge is 2.47. The van der Waals surface area contributed by atoms with Gasteiger partial charge in [0.1, 0.15) is 16.9 Å². The van der Waals surface area contributed by atoms with Gasteiger partial charge >= 0.3 is 12.1 Å². The fourth-order valence-corrected chi connectivity index (χ4v) is 2.30. The van der Waals surface area contributed by atoms with Crippen LogP contribution in [0.4, 0.5) is 13.2 Å². The number of carbonyl (C=O) groups excluding carboxylic acids is 1. The molecule has 0 aromatic heterocycles. The molecule has 0 fully saturated rings. The van der Waals surface area contributed by atoms with Crippen molar-refractivity contribution < 1.29 is 27.4 Å². The van der Waals surface area contributed by atoms with E-state index in [2.05, 4.69) is 0 Å². The summed E-state index contributed by atoms with van der Waals surface area (Å²) in [5, 5.41) is 0. The van der Waals surface area contributed by atoms with E-state index in [9.17, 15) is 18.0 Å². The first kappa shape index (κ1) is 21.3. The van der Waals surface area contributed by atoms with Crippen molar-refractivity contribution in [3.05, 3.63) is 29.8 Å². The molecular formula is C18H26F3NO3. The first-order chi connectivity index (χ1) is 11.2. The van der Waals surface area contributed by atoms with Crippen LogP contribution in [0, 0.1) is 0 Å². The highest BCUT2D eigenvalue weighted by molar-refractivity contribution is 5.81. The van der Waals surface area contributed by atoms with Gasteiger partial charge in [-0.3, -0.25) is 4.79 Å². The summed E-state index contributed by atoms with van der Waals surface area (Å²) in [7, 11) is 0. The SMILES string of the molecule is CC(C)Oc1ccccc1C[C@@](N)(CC(F)(F)F)C(=O)OC(C)(C)C. The number of esters is 1. The van der Waals surface area contributed by atoms with Crippen LogP contribution < -0.4 is 10.5 Å². The average Bonchev–Trinajstić information content (AvgIpc) is 2.36. The van der Waals surface area contributed by atoms with Crippen LogP contribution in [-0.4, -0.2) is 29.4 Å². The lowest BCUT2D eigenvalue weighted by Gasteiger charge is -2.32. The number of alkyl halides is 3. The van der Waals surface area contributed by atoms with E-state index in [1.807, 2.05) is 0 Å². The molecule has 25 heavy (non-hydrogen) atoms. The molecule has 7 heteroatoms. The Morgan fingerprint density at radius 1 is 1.16 bits per heavy atom. The van der Waals surface area contributed by atoms with Gasteiger partial charge in [0, 0.05) is 6.42 Å². The third-order valence-corrected chi connectivity index (χ3v) is 3.16. The predicted octanol–water partition coefficient (Wildman–Crippen LogP) is 4.01. The zero-order valence-electron chi connectivity index (χ0n) is 15.2. The zero-order chi connectivity index (χ0) is 19.5. The number of rotatable bonds is 6. The summed E-state index contributed by atoms with van der Waals surface area (Å²) in [6.07, 6.45) is -6.60. The van der Waals surface area contributed by atoms with Crippen LogP contribution >= 0.6 is 0 Å². The van der Waals surface area contributed by atoms with Gasteiger partial charge in [-0.25, -0.2) is 0 Å². The van der Waals surface area contributed by atoms with Crippen LogP contribution in [0.15, 0.2) is 24.3 Å². The third-order valence-electron chi connectivity index (χ3n) is 3.16. The Morgan fingerprint density at radius 2 is 1.72 bits per heavy atom. The highest BCUT2D eigenvalue weighted by Crippen LogP contribution is 2.33. The molecule has 0 aliphatic carbocycles. The molecule has 0 aliphatic heterocycles. The van der Waals surface area contributed by atoms with Gasteiger partial charge in [0.2, 0.25) is 0 Å². The standard InChI is InChI=1S/C18H26F3NO3/c1-12(2)24-14-9-7-6-8-13(14)10-17(22,11-18(19,20)21)15(23)25-16(3,4)5/h6-9,12H,10-11,22H2,1-5H3/t17-/m1/s1. The maximum atomic E-state index is 13.0. The normalized spacial score (nSPS) is 15.0. The van der Waals surface area contributed by atoms with Gasteiger partial charge in [0.15, 0.2) is 0 Å². The van der Waals surface area contributed by atoms with Gasteiger partial charge in [0.25, 0.3) is 0 Å². The number of ether oxygens (including phenoxy) is 2. The molecule has 0 amide bonds. The Bertz CT molecular complexity index is 594. The summed E-state index contributed by atoms with van der Waals surface area (Å²) in [6, 6.07) is 6.60. The van der Waals surface area contributed by atoms with Crippen LogP contribution in [0.25, 0.3) is 0 Å². The smallest absolute Gasteiger partial charge is 0.391 e. The lowest BCUT2D eigenvalue weighted by molar-refractivity contribution is -0.179. The fraction of sp³-hybridized carbons (Fsp3) is 0.611. The molecule has 0 saturated heterocycles. The second-order valence-corrected chi connectivity index (χ2v) is 7.40. The number of halogens is 3. The van der Waals surface area contributed by atoms with Crippen LogP contribution in [-0.2, 0) is 16.0 Å². The number of nitrogens with two attached hydrogens (primary N) is 1. The number of carbonyl (C=O) groups is 1. The molecule has 0 bridgehead atoms. The lowest BCUT2D eigenvalue weighted by Crippen LogP contribution is -2.55. The number of hydrogen-bond donors (Lipinski definition) is 1. The summed E-state index contributed by atoms with van der Waals surface area (Å²) in [4.78, 5) is 12.4. The summed E-state index contributed by atoms with van der Waals surface area (Å²) < 4.78 is 49.9. The van der Waals surface area contributed by atoms with Crippen molar-refractivity contribution in [1.82, 2.24) is 0 Å². The molecule has 1 aromatic rings. The molecule has 0 saturated carbocycles. The van der Waals surface area contributed by atoms with Crippen molar-refractivity contribution in [2.75, 3.05) is 0 Å². The molecule has 4 nitrogen and oxygen atoms in total. The lowest BCUT2D eigenvalue weighted by atomic mass is 9.87. The molecule has 0 spiro atoms. The topological polar surface area (TPSA) is 61.5 Å². The van der Waals surface area contributed by atoms with Gasteiger partial charge in [0.05, 0.1) is 12.5 Å². The second-order valence-electron chi connectivity index (χ2n) is 7.40. The minimum absolute atomic E-state index is 0.169. The fourth-order valence-electron chi connectivity index (χ4n) is 2.30. The quantitative estimate of drug-likeness (QED) is 0.778. The molecule has 2 N–H and O–H groups in total.